The van der Waals surface area contributed by atoms with Crippen molar-refractivity contribution in [1.29, 1.82) is 0 Å². The number of nitrogens with one attached hydrogen (secondary N) is 1. The number of halogens is 3. The second-order valence-corrected chi connectivity index (χ2v) is 6.17. The number of carbonyl (C=O) groups is 1. The zero-order chi connectivity index (χ0) is 15.6. The molecule has 0 saturated heterocycles. The highest BCUT2D eigenvalue weighted by atomic mass is 79.9. The Kier molecular flexibility index (Phi) is 5.14. The molecule has 21 heavy (non-hydrogen) atoms. The van der Waals surface area contributed by atoms with E-state index in [-0.39, 0.29) is 5.91 Å². The maximum atomic E-state index is 12.3. The van der Waals surface area contributed by atoms with Crippen LogP contribution in [0.2, 0.25) is 10.0 Å². The summed E-state index contributed by atoms with van der Waals surface area (Å²) in [6.07, 6.45) is 0. The topological polar surface area (TPSA) is 38.3 Å². The summed E-state index contributed by atoms with van der Waals surface area (Å²) in [5.41, 5.74) is 1.85. The molecule has 0 aliphatic heterocycles. The first-order valence-electron chi connectivity index (χ1n) is 6.02. The van der Waals surface area contributed by atoms with Crippen molar-refractivity contribution >= 4 is 50.7 Å². The van der Waals surface area contributed by atoms with Crippen molar-refractivity contribution in [3.63, 3.8) is 0 Å². The Bertz CT molecular complexity index is 684. The molecule has 6 heteroatoms. The summed E-state index contributed by atoms with van der Waals surface area (Å²) in [5.74, 6) is 0.221. The molecule has 0 saturated carbocycles. The van der Waals surface area contributed by atoms with E-state index >= 15 is 0 Å². The summed E-state index contributed by atoms with van der Waals surface area (Å²) in [6, 6.07) is 8.43. The first kappa shape index (κ1) is 16.1. The maximum Gasteiger partial charge on any atom is 0.255 e. The lowest BCUT2D eigenvalue weighted by atomic mass is 10.1. The summed E-state index contributed by atoms with van der Waals surface area (Å²) in [6.45, 7) is 1.85. The molecule has 2 aromatic rings. The number of rotatable bonds is 3. The van der Waals surface area contributed by atoms with Crippen LogP contribution in [0.1, 0.15) is 15.9 Å². The molecule has 0 aliphatic carbocycles. The smallest absolute Gasteiger partial charge is 0.255 e. The highest BCUT2D eigenvalue weighted by Gasteiger charge is 2.13. The van der Waals surface area contributed by atoms with Crippen LogP contribution in [0.15, 0.2) is 34.8 Å². The molecule has 0 atom stereocenters. The predicted molar refractivity (Wildman–Crippen MR) is 89.8 cm³/mol. The number of ether oxygens (including phenoxy) is 1. The quantitative estimate of drug-likeness (QED) is 0.771. The van der Waals surface area contributed by atoms with Gasteiger partial charge in [-0.1, -0.05) is 39.1 Å². The molecule has 0 radical (unpaired) electrons. The first-order chi connectivity index (χ1) is 9.90. The van der Waals surface area contributed by atoms with Crippen LogP contribution in [-0.2, 0) is 0 Å². The minimum atomic E-state index is -0.279. The molecular formula is C15H12BrCl2NO2. The fourth-order valence-electron chi connectivity index (χ4n) is 1.81. The van der Waals surface area contributed by atoms with Gasteiger partial charge in [-0.25, -0.2) is 0 Å². The third kappa shape index (κ3) is 3.90. The van der Waals surface area contributed by atoms with Crippen molar-refractivity contribution in [2.24, 2.45) is 0 Å². The maximum absolute atomic E-state index is 12.3. The number of carbonyl (C=O) groups excluding carboxylic acids is 1. The highest BCUT2D eigenvalue weighted by molar-refractivity contribution is 9.10. The summed E-state index contributed by atoms with van der Waals surface area (Å²) in [7, 11) is 1.52. The van der Waals surface area contributed by atoms with E-state index < -0.39 is 0 Å². The average Bonchev–Trinajstić information content (AvgIpc) is 2.41. The molecule has 0 aliphatic rings. The van der Waals surface area contributed by atoms with E-state index in [9.17, 15) is 4.79 Å². The minimum Gasteiger partial charge on any atom is -0.495 e. The van der Waals surface area contributed by atoms with Gasteiger partial charge in [0, 0.05) is 26.1 Å². The lowest BCUT2D eigenvalue weighted by Gasteiger charge is -2.12. The molecule has 0 fully saturated rings. The molecule has 110 valence electrons. The van der Waals surface area contributed by atoms with Gasteiger partial charge in [0.25, 0.3) is 5.91 Å². The molecule has 0 bridgehead atoms. The van der Waals surface area contributed by atoms with Gasteiger partial charge < -0.3 is 10.1 Å². The molecular weight excluding hydrogens is 377 g/mol. The normalized spacial score (nSPS) is 10.3. The van der Waals surface area contributed by atoms with Crippen molar-refractivity contribution in [2.75, 3.05) is 12.4 Å². The fraction of sp³-hybridized carbons (Fsp3) is 0.133. The number of hydrogen-bond donors (Lipinski definition) is 1. The van der Waals surface area contributed by atoms with Crippen LogP contribution < -0.4 is 10.1 Å². The van der Waals surface area contributed by atoms with E-state index in [0.29, 0.717) is 27.0 Å². The minimum absolute atomic E-state index is 0.279. The summed E-state index contributed by atoms with van der Waals surface area (Å²) < 4.78 is 5.97. The number of aryl methyl sites for hydroxylation is 1. The van der Waals surface area contributed by atoms with Gasteiger partial charge in [0.2, 0.25) is 0 Å². The van der Waals surface area contributed by atoms with Gasteiger partial charge in [-0.2, -0.15) is 0 Å². The van der Waals surface area contributed by atoms with Gasteiger partial charge in [-0.05, 0) is 36.8 Å². The van der Waals surface area contributed by atoms with Gasteiger partial charge in [0.05, 0.1) is 12.8 Å². The second kappa shape index (κ2) is 6.69. The van der Waals surface area contributed by atoms with Gasteiger partial charge in [-0.15, -0.1) is 0 Å². The third-order valence-electron chi connectivity index (χ3n) is 2.85. The molecule has 2 rings (SSSR count). The van der Waals surface area contributed by atoms with E-state index in [2.05, 4.69) is 21.2 Å². The Hall–Kier alpha value is -1.23. The number of benzene rings is 2. The molecule has 0 unspecified atom stereocenters. The van der Waals surface area contributed by atoms with E-state index in [0.717, 1.165) is 10.0 Å². The van der Waals surface area contributed by atoms with Crippen molar-refractivity contribution in [2.45, 2.75) is 6.92 Å². The van der Waals surface area contributed by atoms with Crippen LogP contribution in [0.25, 0.3) is 0 Å². The lowest BCUT2D eigenvalue weighted by Crippen LogP contribution is -2.13. The van der Waals surface area contributed by atoms with E-state index in [1.807, 2.05) is 6.92 Å². The number of amides is 1. The monoisotopic (exact) mass is 387 g/mol. The van der Waals surface area contributed by atoms with Gasteiger partial charge >= 0.3 is 0 Å². The number of methoxy groups -OCH3 is 1. The van der Waals surface area contributed by atoms with Crippen molar-refractivity contribution in [3.05, 3.63) is 56.0 Å². The molecule has 0 spiro atoms. The van der Waals surface area contributed by atoms with Gasteiger partial charge in [0.15, 0.2) is 0 Å². The fourth-order valence-corrected chi connectivity index (χ4v) is 2.82. The third-order valence-corrected chi connectivity index (χ3v) is 3.94. The van der Waals surface area contributed by atoms with E-state index in [4.69, 9.17) is 27.9 Å². The van der Waals surface area contributed by atoms with E-state index in [1.165, 1.54) is 7.11 Å². The van der Waals surface area contributed by atoms with E-state index in [1.54, 1.807) is 30.3 Å². The van der Waals surface area contributed by atoms with Crippen molar-refractivity contribution in [1.82, 2.24) is 0 Å². The average molecular weight is 389 g/mol. The van der Waals surface area contributed by atoms with Crippen LogP contribution in [-0.4, -0.2) is 13.0 Å². The summed E-state index contributed by atoms with van der Waals surface area (Å²) in [4.78, 5) is 12.3. The largest absolute Gasteiger partial charge is 0.495 e. The lowest BCUT2D eigenvalue weighted by molar-refractivity contribution is 0.102. The van der Waals surface area contributed by atoms with Crippen molar-refractivity contribution in [3.8, 4) is 5.75 Å². The first-order valence-corrected chi connectivity index (χ1v) is 7.57. The highest BCUT2D eigenvalue weighted by Crippen LogP contribution is 2.31. The molecule has 1 amide bonds. The van der Waals surface area contributed by atoms with Gasteiger partial charge in [-0.3, -0.25) is 4.79 Å². The Labute approximate surface area is 141 Å². The molecule has 1 N–H and O–H groups in total. The van der Waals surface area contributed by atoms with Crippen LogP contribution in [0.5, 0.6) is 5.75 Å². The van der Waals surface area contributed by atoms with Gasteiger partial charge in [0.1, 0.15) is 5.75 Å². The Morgan fingerprint density at radius 3 is 2.52 bits per heavy atom. The Morgan fingerprint density at radius 2 is 1.90 bits per heavy atom. The second-order valence-electron chi connectivity index (χ2n) is 4.41. The number of anilines is 1. The van der Waals surface area contributed by atoms with Crippen molar-refractivity contribution < 1.29 is 9.53 Å². The van der Waals surface area contributed by atoms with Crippen LogP contribution >= 0.6 is 39.1 Å². The number of hydrogen-bond acceptors (Lipinski definition) is 2. The molecule has 3 nitrogen and oxygen atoms in total. The van der Waals surface area contributed by atoms with Crippen LogP contribution in [0.4, 0.5) is 5.69 Å². The molecule has 0 aromatic heterocycles. The zero-order valence-electron chi connectivity index (χ0n) is 11.3. The summed E-state index contributed by atoms with van der Waals surface area (Å²) >= 11 is 15.3. The predicted octanol–water partition coefficient (Wildman–Crippen LogP) is 5.33. The zero-order valence-corrected chi connectivity index (χ0v) is 14.4. The Morgan fingerprint density at radius 1 is 1.19 bits per heavy atom. The SMILES string of the molecule is COc1cc(Cl)c(C)cc1NC(=O)c1cc(Cl)cc(Br)c1. The standard InChI is InChI=1S/C15H12BrCl2NO2/c1-8-3-13(14(21-2)7-12(8)18)19-15(20)9-4-10(16)6-11(17)5-9/h3-7H,1-2H3,(H,19,20). The molecule has 0 heterocycles. The summed E-state index contributed by atoms with van der Waals surface area (Å²) in [5, 5.41) is 3.86. The van der Waals surface area contributed by atoms with Crippen LogP contribution in [0, 0.1) is 6.92 Å². The van der Waals surface area contributed by atoms with Crippen LogP contribution in [0.3, 0.4) is 0 Å². The Balaban J connectivity index is 2.33. The molecule has 2 aromatic carbocycles.